The second-order valence-corrected chi connectivity index (χ2v) is 3.35. The van der Waals surface area contributed by atoms with Crippen molar-refractivity contribution in [2.24, 2.45) is 4.99 Å². The van der Waals surface area contributed by atoms with Gasteiger partial charge in [0.15, 0.2) is 0 Å². The molecule has 1 aromatic rings. The summed E-state index contributed by atoms with van der Waals surface area (Å²) in [5, 5.41) is 0. The average Bonchev–Trinajstić information content (AvgIpc) is 2.49. The fourth-order valence-corrected chi connectivity index (χ4v) is 1.95. The van der Waals surface area contributed by atoms with Gasteiger partial charge in [0.25, 0.3) is 0 Å². The summed E-state index contributed by atoms with van der Waals surface area (Å²) in [7, 11) is 0. The molecule has 2 aliphatic rings. The fraction of sp³-hybridized carbons (Fsp3) is 0.182. The average molecular weight is 155 g/mol. The van der Waals surface area contributed by atoms with E-state index in [2.05, 4.69) is 35.3 Å². The van der Waals surface area contributed by atoms with E-state index in [0.29, 0.717) is 6.04 Å². The highest BCUT2D eigenvalue weighted by Crippen LogP contribution is 2.37. The van der Waals surface area contributed by atoms with E-state index in [0.717, 1.165) is 6.42 Å². The van der Waals surface area contributed by atoms with Gasteiger partial charge in [-0.25, -0.2) is 0 Å². The molecule has 0 fully saturated rings. The molecule has 58 valence electrons. The minimum atomic E-state index is 0.418. The van der Waals surface area contributed by atoms with Crippen LogP contribution in [-0.2, 0) is 0 Å². The van der Waals surface area contributed by atoms with Crippen LogP contribution in [0.5, 0.6) is 0 Å². The number of hydrogen-bond acceptors (Lipinski definition) is 1. The Kier molecular flexibility index (Phi) is 1.06. The summed E-state index contributed by atoms with van der Waals surface area (Å²) in [4.78, 5) is 4.45. The second kappa shape index (κ2) is 2.07. The van der Waals surface area contributed by atoms with Gasteiger partial charge in [-0.05, 0) is 22.8 Å². The first-order chi connectivity index (χ1) is 5.93. The summed E-state index contributed by atoms with van der Waals surface area (Å²) in [6, 6.07) is 8.93. The van der Waals surface area contributed by atoms with Crippen molar-refractivity contribution in [3.8, 4) is 0 Å². The number of rotatable bonds is 0. The first-order valence-electron chi connectivity index (χ1n) is 4.26. The molecule has 1 nitrogen and oxygen atoms in total. The van der Waals surface area contributed by atoms with Crippen molar-refractivity contribution in [1.82, 2.24) is 0 Å². The number of benzene rings is 1. The molecule has 1 atom stereocenters. The van der Waals surface area contributed by atoms with E-state index in [1.807, 2.05) is 6.21 Å². The molecule has 2 bridgehead atoms. The van der Waals surface area contributed by atoms with E-state index >= 15 is 0 Å². The van der Waals surface area contributed by atoms with Gasteiger partial charge in [0.1, 0.15) is 0 Å². The third kappa shape index (κ3) is 0.708. The van der Waals surface area contributed by atoms with Gasteiger partial charge in [-0.2, -0.15) is 0 Å². The zero-order chi connectivity index (χ0) is 7.97. The van der Waals surface area contributed by atoms with Gasteiger partial charge in [0.05, 0.1) is 6.04 Å². The Hall–Kier alpha value is -1.37. The number of fused-ring (bicyclic) bond motifs is 4. The first-order valence-corrected chi connectivity index (χ1v) is 4.26. The predicted molar refractivity (Wildman–Crippen MR) is 50.3 cm³/mol. The van der Waals surface area contributed by atoms with Crippen molar-refractivity contribution in [1.29, 1.82) is 0 Å². The quantitative estimate of drug-likeness (QED) is 0.546. The minimum Gasteiger partial charge on any atom is -0.284 e. The monoisotopic (exact) mass is 155 g/mol. The molecule has 0 saturated heterocycles. The summed E-state index contributed by atoms with van der Waals surface area (Å²) in [5.74, 6) is 0. The standard InChI is InChI=1S/C11H9N/c1-2-4-10-9(3-1)5-8-6-11(10)12-7-8/h1-5,7,11H,6H2. The van der Waals surface area contributed by atoms with Gasteiger partial charge >= 0.3 is 0 Å². The Morgan fingerprint density at radius 3 is 3.17 bits per heavy atom. The molecule has 0 saturated carbocycles. The molecule has 12 heavy (non-hydrogen) atoms. The minimum absolute atomic E-state index is 0.418. The molecule has 1 heteroatoms. The Morgan fingerprint density at radius 2 is 2.17 bits per heavy atom. The maximum atomic E-state index is 4.45. The molecule has 1 aromatic carbocycles. The Balaban J connectivity index is 2.29. The molecule has 0 radical (unpaired) electrons. The van der Waals surface area contributed by atoms with Crippen LogP contribution >= 0.6 is 0 Å². The van der Waals surface area contributed by atoms with E-state index in [9.17, 15) is 0 Å². The second-order valence-electron chi connectivity index (χ2n) is 3.35. The van der Waals surface area contributed by atoms with Crippen LogP contribution in [0.3, 0.4) is 0 Å². The lowest BCUT2D eigenvalue weighted by atomic mass is 9.91. The van der Waals surface area contributed by atoms with Crippen LogP contribution in [0.25, 0.3) is 6.08 Å². The van der Waals surface area contributed by atoms with Crippen LogP contribution in [0.15, 0.2) is 34.8 Å². The summed E-state index contributed by atoms with van der Waals surface area (Å²) in [6.07, 6.45) is 5.35. The van der Waals surface area contributed by atoms with E-state index in [-0.39, 0.29) is 0 Å². The molecule has 1 aliphatic heterocycles. The van der Waals surface area contributed by atoms with Crippen molar-refractivity contribution in [3.63, 3.8) is 0 Å². The fourth-order valence-electron chi connectivity index (χ4n) is 1.95. The van der Waals surface area contributed by atoms with Crippen molar-refractivity contribution in [2.45, 2.75) is 12.5 Å². The van der Waals surface area contributed by atoms with E-state index in [4.69, 9.17) is 0 Å². The van der Waals surface area contributed by atoms with Gasteiger partial charge < -0.3 is 0 Å². The molecule has 3 rings (SSSR count). The lowest BCUT2D eigenvalue weighted by Gasteiger charge is -2.14. The van der Waals surface area contributed by atoms with E-state index < -0.39 is 0 Å². The summed E-state index contributed by atoms with van der Waals surface area (Å²) in [5.41, 5.74) is 4.11. The SMILES string of the molecule is C1=NC2CC1=Cc1ccccc12. The third-order valence-corrected chi connectivity index (χ3v) is 2.55. The van der Waals surface area contributed by atoms with Crippen molar-refractivity contribution in [3.05, 3.63) is 41.0 Å². The van der Waals surface area contributed by atoms with Crippen molar-refractivity contribution < 1.29 is 0 Å². The smallest absolute Gasteiger partial charge is 0.0795 e. The zero-order valence-electron chi connectivity index (χ0n) is 6.70. The molecule has 1 aliphatic carbocycles. The van der Waals surface area contributed by atoms with Crippen LogP contribution in [0, 0.1) is 0 Å². The number of hydrogen-bond donors (Lipinski definition) is 0. The normalized spacial score (nSPS) is 23.7. The molecular weight excluding hydrogens is 146 g/mol. The highest BCUT2D eigenvalue weighted by Gasteiger charge is 2.22. The molecule has 0 N–H and O–H groups in total. The van der Waals surface area contributed by atoms with Crippen LogP contribution in [0.4, 0.5) is 0 Å². The lowest BCUT2D eigenvalue weighted by molar-refractivity contribution is 0.759. The molecule has 0 aromatic heterocycles. The van der Waals surface area contributed by atoms with E-state index in [1.165, 1.54) is 16.7 Å². The molecule has 0 spiro atoms. The van der Waals surface area contributed by atoms with Crippen LogP contribution in [-0.4, -0.2) is 6.21 Å². The molecular formula is C11H9N. The summed E-state index contributed by atoms with van der Waals surface area (Å²) in [6.45, 7) is 0. The van der Waals surface area contributed by atoms with Crippen LogP contribution < -0.4 is 0 Å². The number of nitrogens with zero attached hydrogens (tertiary/aromatic N) is 1. The number of aliphatic imine (C=N–C) groups is 1. The van der Waals surface area contributed by atoms with Gasteiger partial charge in [0, 0.05) is 12.6 Å². The first kappa shape index (κ1) is 6.18. The maximum Gasteiger partial charge on any atom is 0.0795 e. The molecule has 0 amide bonds. The summed E-state index contributed by atoms with van der Waals surface area (Å²) < 4.78 is 0. The largest absolute Gasteiger partial charge is 0.284 e. The Morgan fingerprint density at radius 1 is 1.25 bits per heavy atom. The lowest BCUT2D eigenvalue weighted by Crippen LogP contribution is -1.98. The van der Waals surface area contributed by atoms with Crippen molar-refractivity contribution in [2.75, 3.05) is 0 Å². The van der Waals surface area contributed by atoms with Crippen LogP contribution in [0.2, 0.25) is 0 Å². The summed E-state index contributed by atoms with van der Waals surface area (Å²) >= 11 is 0. The zero-order valence-corrected chi connectivity index (χ0v) is 6.70. The molecule has 1 heterocycles. The van der Waals surface area contributed by atoms with Gasteiger partial charge in [-0.3, -0.25) is 4.99 Å². The molecule has 1 unspecified atom stereocenters. The van der Waals surface area contributed by atoms with Gasteiger partial charge in [0.2, 0.25) is 0 Å². The highest BCUT2D eigenvalue weighted by molar-refractivity contribution is 5.90. The topological polar surface area (TPSA) is 12.4 Å². The van der Waals surface area contributed by atoms with Gasteiger partial charge in [-0.15, -0.1) is 0 Å². The van der Waals surface area contributed by atoms with Crippen molar-refractivity contribution >= 4 is 12.3 Å². The highest BCUT2D eigenvalue weighted by atomic mass is 14.8. The Labute approximate surface area is 71.5 Å². The third-order valence-electron chi connectivity index (χ3n) is 2.55. The van der Waals surface area contributed by atoms with E-state index in [1.54, 1.807) is 0 Å². The Bertz CT molecular complexity index is 388. The van der Waals surface area contributed by atoms with Gasteiger partial charge in [-0.1, -0.05) is 24.3 Å². The van der Waals surface area contributed by atoms with Crippen LogP contribution in [0.1, 0.15) is 23.6 Å². The predicted octanol–water partition coefficient (Wildman–Crippen LogP) is 2.60. The maximum absolute atomic E-state index is 4.45.